The van der Waals surface area contributed by atoms with Crippen LogP contribution in [0.25, 0.3) is 0 Å². The lowest BCUT2D eigenvalue weighted by atomic mass is 10.0. The van der Waals surface area contributed by atoms with Gasteiger partial charge in [0.15, 0.2) is 11.5 Å². The third-order valence-electron chi connectivity index (χ3n) is 3.40. The molecule has 1 N–H and O–H groups in total. The molecule has 0 spiro atoms. The summed E-state index contributed by atoms with van der Waals surface area (Å²) >= 11 is 0. The first kappa shape index (κ1) is 15.2. The van der Waals surface area contributed by atoms with Crippen LogP contribution in [0.4, 0.5) is 0 Å². The summed E-state index contributed by atoms with van der Waals surface area (Å²) in [5, 5.41) is 10.4. The molecule has 4 nitrogen and oxygen atoms in total. The van der Waals surface area contributed by atoms with Crippen LogP contribution >= 0.6 is 0 Å². The molecule has 2 rings (SSSR count). The molecule has 0 aromatic heterocycles. The van der Waals surface area contributed by atoms with Gasteiger partial charge in [0, 0.05) is 6.42 Å². The van der Waals surface area contributed by atoms with Crippen molar-refractivity contribution in [1.29, 1.82) is 0 Å². The van der Waals surface area contributed by atoms with E-state index in [1.54, 1.807) is 33.5 Å². The SMILES string of the molecule is COc1ccccc1CC(O)c1ccc(OC)c(OC)c1. The normalized spacial score (nSPS) is 11.8. The van der Waals surface area contributed by atoms with Crippen molar-refractivity contribution in [1.82, 2.24) is 0 Å². The highest BCUT2D eigenvalue weighted by Gasteiger charge is 2.14. The number of hydrogen-bond donors (Lipinski definition) is 1. The summed E-state index contributed by atoms with van der Waals surface area (Å²) in [6.07, 6.45) is -0.166. The molecule has 112 valence electrons. The summed E-state index contributed by atoms with van der Waals surface area (Å²) in [6, 6.07) is 13.1. The Morgan fingerprint density at radius 3 is 2.19 bits per heavy atom. The zero-order valence-corrected chi connectivity index (χ0v) is 12.5. The predicted octanol–water partition coefficient (Wildman–Crippen LogP) is 2.99. The van der Waals surface area contributed by atoms with E-state index in [1.165, 1.54) is 0 Å². The third kappa shape index (κ3) is 3.47. The van der Waals surface area contributed by atoms with Gasteiger partial charge in [0.05, 0.1) is 27.4 Å². The molecule has 0 fully saturated rings. The maximum atomic E-state index is 10.4. The fourth-order valence-electron chi connectivity index (χ4n) is 2.26. The van der Waals surface area contributed by atoms with Crippen LogP contribution in [0.2, 0.25) is 0 Å². The molecule has 0 aliphatic rings. The highest BCUT2D eigenvalue weighted by Crippen LogP contribution is 2.32. The molecule has 0 saturated carbocycles. The average molecular weight is 288 g/mol. The monoisotopic (exact) mass is 288 g/mol. The molecule has 1 unspecified atom stereocenters. The Balaban J connectivity index is 2.22. The lowest BCUT2D eigenvalue weighted by Crippen LogP contribution is -2.04. The van der Waals surface area contributed by atoms with Crippen LogP contribution < -0.4 is 14.2 Å². The minimum Gasteiger partial charge on any atom is -0.496 e. The van der Waals surface area contributed by atoms with E-state index in [0.29, 0.717) is 17.9 Å². The Labute approximate surface area is 124 Å². The smallest absolute Gasteiger partial charge is 0.161 e. The van der Waals surface area contributed by atoms with Crippen molar-refractivity contribution < 1.29 is 19.3 Å². The lowest BCUT2D eigenvalue weighted by molar-refractivity contribution is 0.176. The first-order valence-corrected chi connectivity index (χ1v) is 6.71. The summed E-state index contributed by atoms with van der Waals surface area (Å²) in [5.74, 6) is 2.02. The van der Waals surface area contributed by atoms with Gasteiger partial charge in [-0.2, -0.15) is 0 Å². The molecule has 0 heterocycles. The van der Waals surface area contributed by atoms with Crippen molar-refractivity contribution in [2.24, 2.45) is 0 Å². The second-order valence-corrected chi connectivity index (χ2v) is 4.65. The lowest BCUT2D eigenvalue weighted by Gasteiger charge is -2.15. The minimum absolute atomic E-state index is 0.472. The summed E-state index contributed by atoms with van der Waals surface area (Å²) in [5.41, 5.74) is 1.74. The number of ether oxygens (including phenoxy) is 3. The van der Waals surface area contributed by atoms with E-state index in [4.69, 9.17) is 14.2 Å². The highest BCUT2D eigenvalue weighted by molar-refractivity contribution is 5.44. The van der Waals surface area contributed by atoms with Crippen molar-refractivity contribution >= 4 is 0 Å². The topological polar surface area (TPSA) is 47.9 Å². The van der Waals surface area contributed by atoms with E-state index >= 15 is 0 Å². The van der Waals surface area contributed by atoms with Crippen molar-refractivity contribution in [2.45, 2.75) is 12.5 Å². The number of aliphatic hydroxyl groups is 1. The van der Waals surface area contributed by atoms with Gasteiger partial charge >= 0.3 is 0 Å². The van der Waals surface area contributed by atoms with Gasteiger partial charge in [0.1, 0.15) is 5.75 Å². The van der Waals surface area contributed by atoms with Crippen LogP contribution in [0.3, 0.4) is 0 Å². The minimum atomic E-state index is -0.638. The van der Waals surface area contributed by atoms with Gasteiger partial charge < -0.3 is 19.3 Å². The first-order valence-electron chi connectivity index (χ1n) is 6.71. The molecule has 0 radical (unpaired) electrons. The van der Waals surface area contributed by atoms with Gasteiger partial charge in [0.25, 0.3) is 0 Å². The van der Waals surface area contributed by atoms with E-state index in [0.717, 1.165) is 16.9 Å². The Morgan fingerprint density at radius 2 is 1.52 bits per heavy atom. The van der Waals surface area contributed by atoms with Crippen molar-refractivity contribution in [2.75, 3.05) is 21.3 Å². The summed E-state index contributed by atoms with van der Waals surface area (Å²) < 4.78 is 15.8. The Kier molecular flexibility index (Phi) is 5.06. The number of rotatable bonds is 6. The summed E-state index contributed by atoms with van der Waals surface area (Å²) in [4.78, 5) is 0. The molecule has 2 aromatic carbocycles. The Hall–Kier alpha value is -2.20. The molecule has 2 aromatic rings. The molecule has 4 heteroatoms. The molecule has 0 amide bonds. The van der Waals surface area contributed by atoms with E-state index in [1.807, 2.05) is 30.3 Å². The van der Waals surface area contributed by atoms with E-state index in [-0.39, 0.29) is 0 Å². The quantitative estimate of drug-likeness (QED) is 0.887. The van der Waals surface area contributed by atoms with Gasteiger partial charge in [-0.1, -0.05) is 24.3 Å². The Morgan fingerprint density at radius 1 is 0.857 bits per heavy atom. The van der Waals surface area contributed by atoms with Gasteiger partial charge in [-0.05, 0) is 29.3 Å². The molecule has 21 heavy (non-hydrogen) atoms. The highest BCUT2D eigenvalue weighted by atomic mass is 16.5. The number of hydrogen-bond acceptors (Lipinski definition) is 4. The van der Waals surface area contributed by atoms with Gasteiger partial charge in [-0.3, -0.25) is 0 Å². The van der Waals surface area contributed by atoms with Gasteiger partial charge in [-0.15, -0.1) is 0 Å². The van der Waals surface area contributed by atoms with Gasteiger partial charge in [-0.25, -0.2) is 0 Å². The number of methoxy groups -OCH3 is 3. The standard InChI is InChI=1S/C17H20O4/c1-19-15-7-5-4-6-13(15)10-14(18)12-8-9-16(20-2)17(11-12)21-3/h4-9,11,14,18H,10H2,1-3H3. The summed E-state index contributed by atoms with van der Waals surface area (Å²) in [7, 11) is 4.79. The number of aliphatic hydroxyl groups excluding tert-OH is 1. The third-order valence-corrected chi connectivity index (χ3v) is 3.40. The number of para-hydroxylation sites is 1. The second kappa shape index (κ2) is 6.99. The van der Waals surface area contributed by atoms with Crippen LogP contribution in [-0.4, -0.2) is 26.4 Å². The second-order valence-electron chi connectivity index (χ2n) is 4.65. The van der Waals surface area contributed by atoms with E-state index < -0.39 is 6.10 Å². The first-order chi connectivity index (χ1) is 10.2. The maximum absolute atomic E-state index is 10.4. The van der Waals surface area contributed by atoms with Crippen LogP contribution in [0.1, 0.15) is 17.2 Å². The van der Waals surface area contributed by atoms with Crippen LogP contribution in [0.15, 0.2) is 42.5 Å². The van der Waals surface area contributed by atoms with E-state index in [9.17, 15) is 5.11 Å². The molecule has 0 aliphatic heterocycles. The van der Waals surface area contributed by atoms with Crippen molar-refractivity contribution in [3.05, 3.63) is 53.6 Å². The van der Waals surface area contributed by atoms with Crippen LogP contribution in [0, 0.1) is 0 Å². The summed E-state index contributed by atoms with van der Waals surface area (Å²) in [6.45, 7) is 0. The predicted molar refractivity (Wildman–Crippen MR) is 81.2 cm³/mol. The maximum Gasteiger partial charge on any atom is 0.161 e. The molecule has 0 saturated heterocycles. The largest absolute Gasteiger partial charge is 0.496 e. The Bertz CT molecular complexity index is 595. The fourth-order valence-corrected chi connectivity index (χ4v) is 2.26. The molecule has 0 bridgehead atoms. The molecule has 0 aliphatic carbocycles. The zero-order valence-electron chi connectivity index (χ0n) is 12.5. The van der Waals surface area contributed by atoms with Crippen molar-refractivity contribution in [3.8, 4) is 17.2 Å². The molecular weight excluding hydrogens is 268 g/mol. The van der Waals surface area contributed by atoms with Gasteiger partial charge in [0.2, 0.25) is 0 Å². The number of benzene rings is 2. The van der Waals surface area contributed by atoms with Crippen molar-refractivity contribution in [3.63, 3.8) is 0 Å². The fraction of sp³-hybridized carbons (Fsp3) is 0.294. The van der Waals surface area contributed by atoms with E-state index in [2.05, 4.69) is 0 Å². The zero-order chi connectivity index (χ0) is 15.2. The van der Waals surface area contributed by atoms with Crippen LogP contribution in [0.5, 0.6) is 17.2 Å². The van der Waals surface area contributed by atoms with Crippen LogP contribution in [-0.2, 0) is 6.42 Å². The average Bonchev–Trinajstić information content (AvgIpc) is 2.54. The molecule has 1 atom stereocenters. The molecular formula is C17H20O4.